The molecule has 0 bridgehead atoms. The van der Waals surface area contributed by atoms with Crippen LogP contribution in [0.15, 0.2) is 47.5 Å². The summed E-state index contributed by atoms with van der Waals surface area (Å²) in [7, 11) is -2.31. The molecule has 1 aromatic carbocycles. The van der Waals surface area contributed by atoms with Crippen LogP contribution in [0.1, 0.15) is 59.6 Å². The number of nitrogens with zero attached hydrogens (tertiary/aromatic N) is 4. The number of aromatic nitrogens is 2. The molecule has 2 N–H and O–H groups in total. The van der Waals surface area contributed by atoms with Crippen molar-refractivity contribution >= 4 is 33.2 Å². The predicted octanol–water partition coefficient (Wildman–Crippen LogP) is 4.30. The van der Waals surface area contributed by atoms with Gasteiger partial charge in [0.25, 0.3) is 5.91 Å². The van der Waals surface area contributed by atoms with Crippen LogP contribution in [0.2, 0.25) is 0 Å². The summed E-state index contributed by atoms with van der Waals surface area (Å²) in [4.78, 5) is 26.3. The van der Waals surface area contributed by atoms with E-state index in [1.165, 1.54) is 46.7 Å². The minimum atomic E-state index is -4.79. The fourth-order valence-corrected chi connectivity index (χ4v) is 6.93. The highest BCUT2D eigenvalue weighted by molar-refractivity contribution is 7.89. The Morgan fingerprint density at radius 3 is 2.24 bits per heavy atom. The third-order valence-electron chi connectivity index (χ3n) is 7.69. The molecule has 0 unspecified atom stereocenters. The Morgan fingerprint density at radius 2 is 1.63 bits per heavy atom. The normalized spacial score (nSPS) is 17.5. The molecule has 4 heterocycles. The number of anilines is 1. The Kier molecular flexibility index (Phi) is 7.97. The number of pyridine rings is 1. The molecule has 2 saturated heterocycles. The second-order valence-corrected chi connectivity index (χ2v) is 12.2. The van der Waals surface area contributed by atoms with Crippen molar-refractivity contribution in [2.75, 3.05) is 38.5 Å². The minimum absolute atomic E-state index is 0.0969. The lowest BCUT2D eigenvalue weighted by Crippen LogP contribution is -2.38. The number of carbonyl (C=O) groups is 2. The molecule has 220 valence electrons. The maximum Gasteiger partial charge on any atom is 0.436 e. The molecule has 0 saturated carbocycles. The first kappa shape index (κ1) is 28.9. The number of rotatable bonds is 5. The van der Waals surface area contributed by atoms with E-state index in [9.17, 15) is 31.2 Å². The number of sulfonamides is 1. The van der Waals surface area contributed by atoms with Gasteiger partial charge < -0.3 is 15.5 Å². The van der Waals surface area contributed by atoms with E-state index >= 15 is 0 Å². The van der Waals surface area contributed by atoms with Gasteiger partial charge in [-0.25, -0.2) is 17.7 Å². The van der Waals surface area contributed by atoms with E-state index in [0.29, 0.717) is 31.6 Å². The van der Waals surface area contributed by atoms with E-state index in [4.69, 9.17) is 0 Å². The summed E-state index contributed by atoms with van der Waals surface area (Å²) in [6.45, 7) is 1.27. The molecule has 0 aliphatic carbocycles. The number of piperidine rings is 2. The molecule has 3 aromatic rings. The monoisotopic (exact) mass is 592 g/mol. The van der Waals surface area contributed by atoms with Crippen LogP contribution in [-0.2, 0) is 16.2 Å². The number of urea groups is 1. The molecule has 3 amide bonds. The smallest absolute Gasteiger partial charge is 0.341 e. The number of hydrogen-bond acceptors (Lipinski definition) is 5. The number of amides is 3. The van der Waals surface area contributed by atoms with Crippen LogP contribution >= 0.6 is 0 Å². The Bertz CT molecular complexity index is 1540. The third-order valence-corrected chi connectivity index (χ3v) is 9.60. The predicted molar refractivity (Wildman–Crippen MR) is 145 cm³/mol. The summed E-state index contributed by atoms with van der Waals surface area (Å²) < 4.78 is 70.7. The first-order valence-corrected chi connectivity index (χ1v) is 14.9. The molecule has 0 spiro atoms. The van der Waals surface area contributed by atoms with Gasteiger partial charge in [-0.2, -0.15) is 22.6 Å². The SMILES string of the molecule is CNC(=O)Nc1ccc(S(=O)(=O)N2CCC(c3ccn4nc(C(F)(F)F)c(C(=O)N5CCCCC5)c4c3)CC2)cc1. The summed E-state index contributed by atoms with van der Waals surface area (Å²) in [5.74, 6) is -0.769. The van der Waals surface area contributed by atoms with Gasteiger partial charge in [-0.15, -0.1) is 0 Å². The van der Waals surface area contributed by atoms with Gasteiger partial charge in [0.05, 0.1) is 16.0 Å². The zero-order chi connectivity index (χ0) is 29.4. The van der Waals surface area contributed by atoms with E-state index < -0.39 is 39.4 Å². The summed E-state index contributed by atoms with van der Waals surface area (Å²) in [6.07, 6.45) is -0.00783. The summed E-state index contributed by atoms with van der Waals surface area (Å²) >= 11 is 0. The molecule has 2 aromatic heterocycles. The molecular formula is C27H31F3N6O4S. The Morgan fingerprint density at radius 1 is 0.976 bits per heavy atom. The van der Waals surface area contributed by atoms with Gasteiger partial charge >= 0.3 is 12.2 Å². The van der Waals surface area contributed by atoms with Crippen molar-refractivity contribution in [3.05, 3.63) is 59.4 Å². The molecule has 0 atom stereocenters. The molecule has 5 rings (SSSR count). The fourth-order valence-electron chi connectivity index (χ4n) is 5.46. The van der Waals surface area contributed by atoms with E-state index in [0.717, 1.165) is 29.3 Å². The standard InChI is InChI=1S/C27H31F3N6O4S/c1-31-26(38)32-20-5-7-21(8-6-20)41(39,40)35-14-9-18(10-15-35)19-11-16-36-22(17-19)23(24(33-36)27(28,29)30)25(37)34-12-3-2-4-13-34/h5-8,11,16-18H,2-4,9-10,12-15H2,1H3,(H2,31,32,38). The molecule has 0 radical (unpaired) electrons. The van der Waals surface area contributed by atoms with Crippen LogP contribution in [0.5, 0.6) is 0 Å². The lowest BCUT2D eigenvalue weighted by Gasteiger charge is -2.31. The summed E-state index contributed by atoms with van der Waals surface area (Å²) in [6, 6.07) is 8.73. The maximum absolute atomic E-state index is 13.9. The minimum Gasteiger partial charge on any atom is -0.341 e. The van der Waals surface area contributed by atoms with Crippen LogP contribution in [0.4, 0.5) is 23.7 Å². The van der Waals surface area contributed by atoms with Crippen molar-refractivity contribution in [1.29, 1.82) is 0 Å². The molecule has 10 nitrogen and oxygen atoms in total. The zero-order valence-electron chi connectivity index (χ0n) is 22.4. The van der Waals surface area contributed by atoms with Crippen molar-refractivity contribution in [3.8, 4) is 0 Å². The summed E-state index contributed by atoms with van der Waals surface area (Å²) in [5, 5.41) is 8.71. The highest BCUT2D eigenvalue weighted by Crippen LogP contribution is 2.36. The topological polar surface area (TPSA) is 116 Å². The zero-order valence-corrected chi connectivity index (χ0v) is 23.3. The van der Waals surface area contributed by atoms with Gasteiger partial charge in [0.15, 0.2) is 5.69 Å². The van der Waals surface area contributed by atoms with Crippen molar-refractivity contribution in [2.24, 2.45) is 0 Å². The number of carbonyl (C=O) groups excluding carboxylic acids is 2. The molecule has 2 aliphatic heterocycles. The number of benzene rings is 1. The van der Waals surface area contributed by atoms with Gasteiger partial charge in [0.2, 0.25) is 10.0 Å². The Labute approximate surface area is 235 Å². The number of likely N-dealkylation sites (tertiary alicyclic amines) is 1. The van der Waals surface area contributed by atoms with Gasteiger partial charge in [-0.05, 0) is 80.0 Å². The summed E-state index contributed by atoms with van der Waals surface area (Å²) in [5.41, 5.74) is -0.339. The number of fused-ring (bicyclic) bond motifs is 1. The molecule has 41 heavy (non-hydrogen) atoms. The van der Waals surface area contributed by atoms with Crippen molar-refractivity contribution in [1.82, 2.24) is 24.1 Å². The first-order valence-electron chi connectivity index (χ1n) is 13.5. The largest absolute Gasteiger partial charge is 0.436 e. The molecular weight excluding hydrogens is 561 g/mol. The van der Waals surface area contributed by atoms with Crippen LogP contribution < -0.4 is 10.6 Å². The molecule has 14 heteroatoms. The quantitative estimate of drug-likeness (QED) is 0.459. The van der Waals surface area contributed by atoms with Crippen molar-refractivity contribution in [2.45, 2.75) is 49.1 Å². The Balaban J connectivity index is 1.35. The fraction of sp³-hybridized carbons (Fsp3) is 0.444. The molecule has 2 aliphatic rings. The van der Waals surface area contributed by atoms with E-state index in [1.54, 1.807) is 12.1 Å². The lowest BCUT2D eigenvalue weighted by atomic mass is 9.90. The maximum atomic E-state index is 13.9. The number of alkyl halides is 3. The van der Waals surface area contributed by atoms with Gasteiger partial charge in [0, 0.05) is 45.1 Å². The average molecular weight is 593 g/mol. The first-order chi connectivity index (χ1) is 19.5. The number of hydrogen-bond donors (Lipinski definition) is 2. The van der Waals surface area contributed by atoms with Crippen LogP contribution in [0.3, 0.4) is 0 Å². The third kappa shape index (κ3) is 5.89. The van der Waals surface area contributed by atoms with Crippen LogP contribution in [0, 0.1) is 0 Å². The highest BCUT2D eigenvalue weighted by Gasteiger charge is 2.41. The number of nitrogens with one attached hydrogen (secondary N) is 2. The van der Waals surface area contributed by atoms with Crippen LogP contribution in [-0.4, -0.2) is 72.4 Å². The van der Waals surface area contributed by atoms with Gasteiger partial charge in [-0.1, -0.05) is 0 Å². The van der Waals surface area contributed by atoms with E-state index in [-0.39, 0.29) is 29.4 Å². The average Bonchev–Trinajstić information content (AvgIpc) is 3.37. The van der Waals surface area contributed by atoms with E-state index in [1.807, 2.05) is 0 Å². The van der Waals surface area contributed by atoms with Crippen molar-refractivity contribution in [3.63, 3.8) is 0 Å². The Hall–Kier alpha value is -3.65. The van der Waals surface area contributed by atoms with Gasteiger partial charge in [0.1, 0.15) is 0 Å². The number of halogens is 3. The second-order valence-electron chi connectivity index (χ2n) is 10.3. The second kappa shape index (κ2) is 11.3. The van der Waals surface area contributed by atoms with Gasteiger partial charge in [-0.3, -0.25) is 4.79 Å². The van der Waals surface area contributed by atoms with E-state index in [2.05, 4.69) is 15.7 Å². The van der Waals surface area contributed by atoms with Crippen molar-refractivity contribution < 1.29 is 31.2 Å². The van der Waals surface area contributed by atoms with Crippen LogP contribution in [0.25, 0.3) is 5.52 Å². The molecule has 2 fully saturated rings. The lowest BCUT2D eigenvalue weighted by molar-refractivity contribution is -0.141. The highest BCUT2D eigenvalue weighted by atomic mass is 32.2.